The molecule has 0 unspecified atom stereocenters. The first kappa shape index (κ1) is 18.2. The second-order valence-corrected chi connectivity index (χ2v) is 9.37. The molecule has 1 amide bonds. The van der Waals surface area contributed by atoms with Crippen molar-refractivity contribution in [3.05, 3.63) is 53.5 Å². The molecule has 0 aromatic carbocycles. The van der Waals surface area contributed by atoms with Gasteiger partial charge in [0.25, 0.3) is 0 Å². The van der Waals surface area contributed by atoms with Crippen molar-refractivity contribution in [2.24, 2.45) is 0 Å². The largest absolute Gasteiger partial charge is 0.346 e. The summed E-state index contributed by atoms with van der Waals surface area (Å²) in [6.45, 7) is 8.02. The summed E-state index contributed by atoms with van der Waals surface area (Å²) >= 11 is 4.94. The Kier molecular flexibility index (Phi) is 5.66. The molecule has 4 nitrogen and oxygen atoms in total. The lowest BCUT2D eigenvalue weighted by Crippen LogP contribution is -2.31. The highest BCUT2D eigenvalue weighted by Crippen LogP contribution is 2.27. The van der Waals surface area contributed by atoms with Crippen LogP contribution in [0.15, 0.2) is 16.8 Å². The SMILES string of the molecule is Cc1nc(C)c(CC(=O)N[C@@H](Cc2ccsc2)c2nc(C)c(C)s2)s1. The summed E-state index contributed by atoms with van der Waals surface area (Å²) in [6, 6.07) is 2.02. The van der Waals surface area contributed by atoms with Crippen molar-refractivity contribution < 1.29 is 4.79 Å². The molecule has 3 rings (SSSR count). The zero-order valence-corrected chi connectivity index (χ0v) is 17.2. The number of aryl methyl sites for hydroxylation is 4. The number of rotatable bonds is 6. The van der Waals surface area contributed by atoms with Crippen LogP contribution in [0, 0.1) is 27.7 Å². The summed E-state index contributed by atoms with van der Waals surface area (Å²) in [5, 5.41) is 9.36. The highest BCUT2D eigenvalue weighted by Gasteiger charge is 2.21. The van der Waals surface area contributed by atoms with Crippen molar-refractivity contribution >= 4 is 39.9 Å². The molecule has 0 aliphatic carbocycles. The number of thiazole rings is 2. The van der Waals surface area contributed by atoms with Crippen LogP contribution in [0.1, 0.15) is 42.8 Å². The zero-order chi connectivity index (χ0) is 18.0. The maximum Gasteiger partial charge on any atom is 0.225 e. The Bertz CT molecular complexity index is 845. The van der Waals surface area contributed by atoms with Crippen molar-refractivity contribution in [1.82, 2.24) is 15.3 Å². The number of thiophene rings is 1. The number of carbonyl (C=O) groups is 1. The van der Waals surface area contributed by atoms with Gasteiger partial charge in [0.15, 0.2) is 0 Å². The fourth-order valence-corrected chi connectivity index (χ4v) is 5.21. The molecule has 1 N–H and O–H groups in total. The van der Waals surface area contributed by atoms with Gasteiger partial charge in [0, 0.05) is 16.2 Å². The van der Waals surface area contributed by atoms with Crippen LogP contribution in [-0.4, -0.2) is 15.9 Å². The van der Waals surface area contributed by atoms with Crippen molar-refractivity contribution in [2.75, 3.05) is 0 Å². The normalized spacial score (nSPS) is 12.3. The van der Waals surface area contributed by atoms with Crippen LogP contribution >= 0.6 is 34.0 Å². The Hall–Kier alpha value is -1.57. The van der Waals surface area contributed by atoms with Crippen LogP contribution in [0.2, 0.25) is 0 Å². The molecule has 3 aromatic rings. The van der Waals surface area contributed by atoms with E-state index in [9.17, 15) is 4.79 Å². The predicted molar refractivity (Wildman–Crippen MR) is 106 cm³/mol. The number of nitrogens with one attached hydrogen (secondary N) is 1. The molecule has 0 aliphatic heterocycles. The average Bonchev–Trinajstić information content (AvgIpc) is 3.23. The Balaban J connectivity index is 1.76. The molecule has 1 atom stereocenters. The second-order valence-electron chi connectivity index (χ2n) is 6.07. The third kappa shape index (κ3) is 4.54. The number of aromatic nitrogens is 2. The third-order valence-electron chi connectivity index (χ3n) is 4.02. The number of carbonyl (C=O) groups excluding carboxylic acids is 1. The van der Waals surface area contributed by atoms with Gasteiger partial charge in [-0.2, -0.15) is 11.3 Å². The van der Waals surface area contributed by atoms with E-state index in [0.717, 1.165) is 32.7 Å². The summed E-state index contributed by atoms with van der Waals surface area (Å²) in [4.78, 5) is 23.9. The number of amides is 1. The topological polar surface area (TPSA) is 54.9 Å². The maximum absolute atomic E-state index is 12.6. The fourth-order valence-electron chi connectivity index (χ4n) is 2.62. The van der Waals surface area contributed by atoms with Crippen molar-refractivity contribution in [3.63, 3.8) is 0 Å². The molecule has 3 heterocycles. The maximum atomic E-state index is 12.6. The summed E-state index contributed by atoms with van der Waals surface area (Å²) in [5.74, 6) is 0.0254. The second kappa shape index (κ2) is 7.76. The fraction of sp³-hybridized carbons (Fsp3) is 0.389. The van der Waals surface area contributed by atoms with Gasteiger partial charge in [0.1, 0.15) is 5.01 Å². The molecule has 0 saturated carbocycles. The first-order chi connectivity index (χ1) is 11.9. The van der Waals surface area contributed by atoms with E-state index in [2.05, 4.69) is 39.0 Å². The van der Waals surface area contributed by atoms with E-state index in [-0.39, 0.29) is 11.9 Å². The van der Waals surface area contributed by atoms with Gasteiger partial charge in [0.05, 0.1) is 28.9 Å². The van der Waals surface area contributed by atoms with Crippen LogP contribution in [-0.2, 0) is 17.6 Å². The van der Waals surface area contributed by atoms with Gasteiger partial charge in [-0.1, -0.05) is 0 Å². The predicted octanol–water partition coefficient (Wildman–Crippen LogP) is 4.54. The smallest absolute Gasteiger partial charge is 0.225 e. The number of hydrogen-bond donors (Lipinski definition) is 1. The minimum absolute atomic E-state index is 0.0254. The number of nitrogens with zero attached hydrogens (tertiary/aromatic N) is 2. The van der Waals surface area contributed by atoms with E-state index < -0.39 is 0 Å². The van der Waals surface area contributed by atoms with Gasteiger partial charge in [0.2, 0.25) is 5.91 Å². The Morgan fingerprint density at radius 1 is 1.16 bits per heavy atom. The summed E-state index contributed by atoms with van der Waals surface area (Å²) in [7, 11) is 0. The molecule has 0 radical (unpaired) electrons. The van der Waals surface area contributed by atoms with Gasteiger partial charge in [-0.3, -0.25) is 4.79 Å². The van der Waals surface area contributed by atoms with Crippen molar-refractivity contribution in [2.45, 2.75) is 46.6 Å². The Morgan fingerprint density at radius 2 is 1.96 bits per heavy atom. The Morgan fingerprint density at radius 3 is 2.52 bits per heavy atom. The molecular weight excluding hydrogens is 370 g/mol. The average molecular weight is 392 g/mol. The van der Waals surface area contributed by atoms with E-state index in [1.54, 1.807) is 34.0 Å². The van der Waals surface area contributed by atoms with Crippen molar-refractivity contribution in [1.29, 1.82) is 0 Å². The minimum Gasteiger partial charge on any atom is -0.346 e. The third-order valence-corrected chi connectivity index (χ3v) is 7.01. The molecule has 0 aliphatic rings. The van der Waals surface area contributed by atoms with E-state index in [0.29, 0.717) is 6.42 Å². The van der Waals surface area contributed by atoms with Gasteiger partial charge < -0.3 is 5.32 Å². The van der Waals surface area contributed by atoms with Gasteiger partial charge in [-0.15, -0.1) is 22.7 Å². The number of hydrogen-bond acceptors (Lipinski definition) is 6. The first-order valence-electron chi connectivity index (χ1n) is 8.09. The highest BCUT2D eigenvalue weighted by molar-refractivity contribution is 7.12. The molecule has 0 spiro atoms. The summed E-state index contributed by atoms with van der Waals surface area (Å²) < 4.78 is 0. The van der Waals surface area contributed by atoms with Crippen LogP contribution in [0.5, 0.6) is 0 Å². The highest BCUT2D eigenvalue weighted by atomic mass is 32.1. The molecule has 3 aromatic heterocycles. The molecule has 7 heteroatoms. The van der Waals surface area contributed by atoms with Crippen LogP contribution in [0.25, 0.3) is 0 Å². The lowest BCUT2D eigenvalue weighted by molar-refractivity contribution is -0.121. The Labute approximate surface area is 160 Å². The molecule has 25 heavy (non-hydrogen) atoms. The lowest BCUT2D eigenvalue weighted by atomic mass is 10.1. The minimum atomic E-state index is -0.0891. The van der Waals surface area contributed by atoms with Gasteiger partial charge in [-0.05, 0) is 50.1 Å². The van der Waals surface area contributed by atoms with E-state index in [4.69, 9.17) is 0 Å². The van der Waals surface area contributed by atoms with Crippen LogP contribution in [0.3, 0.4) is 0 Å². The van der Waals surface area contributed by atoms with Crippen molar-refractivity contribution in [3.8, 4) is 0 Å². The molecular formula is C18H21N3OS3. The van der Waals surface area contributed by atoms with Gasteiger partial charge >= 0.3 is 0 Å². The van der Waals surface area contributed by atoms with E-state index >= 15 is 0 Å². The quantitative estimate of drug-likeness (QED) is 0.671. The standard InChI is InChI=1S/C18H21N3OS3/c1-10-12(3)24-18(20-10)15(7-14-5-6-23-9-14)21-17(22)8-16-11(2)19-13(4)25-16/h5-6,9,15H,7-8H2,1-4H3,(H,21,22)/t15-/m0/s1. The van der Waals surface area contributed by atoms with Crippen LogP contribution in [0.4, 0.5) is 0 Å². The molecule has 0 bridgehead atoms. The van der Waals surface area contributed by atoms with E-state index in [1.807, 2.05) is 20.8 Å². The van der Waals surface area contributed by atoms with Crippen LogP contribution < -0.4 is 5.32 Å². The summed E-state index contributed by atoms with van der Waals surface area (Å²) in [5.41, 5.74) is 3.22. The molecule has 0 fully saturated rings. The lowest BCUT2D eigenvalue weighted by Gasteiger charge is -2.16. The van der Waals surface area contributed by atoms with Gasteiger partial charge in [-0.25, -0.2) is 9.97 Å². The first-order valence-corrected chi connectivity index (χ1v) is 10.7. The monoisotopic (exact) mass is 391 g/mol. The molecule has 0 saturated heterocycles. The summed E-state index contributed by atoms with van der Waals surface area (Å²) in [6.07, 6.45) is 1.14. The zero-order valence-electron chi connectivity index (χ0n) is 14.8. The van der Waals surface area contributed by atoms with E-state index in [1.165, 1.54) is 10.4 Å². The molecule has 132 valence electrons.